The molecular formula is C35H36ClN7O5S2. The molecule has 1 aliphatic heterocycles. The van der Waals surface area contributed by atoms with Crippen LogP contribution in [0.1, 0.15) is 18.1 Å². The summed E-state index contributed by atoms with van der Waals surface area (Å²) >= 11 is 6.77. The number of nitrogens with zero attached hydrogens (tertiary/aromatic N) is 5. The number of carbonyl (C=O) groups excluding carboxylic acids is 1. The first-order valence-electron chi connectivity index (χ1n) is 15.8. The van der Waals surface area contributed by atoms with Crippen molar-refractivity contribution in [1.29, 1.82) is 0 Å². The molecule has 0 bridgehead atoms. The predicted octanol–water partition coefficient (Wildman–Crippen LogP) is 6.67. The van der Waals surface area contributed by atoms with Crippen LogP contribution in [0.2, 0.25) is 5.02 Å². The van der Waals surface area contributed by atoms with Crippen molar-refractivity contribution in [3.05, 3.63) is 126 Å². The highest BCUT2D eigenvalue weighted by molar-refractivity contribution is 8.12. The molecule has 1 aliphatic rings. The maximum Gasteiger partial charge on any atom is 0.342 e. The highest BCUT2D eigenvalue weighted by atomic mass is 35.5. The number of benzene rings is 3. The Labute approximate surface area is 298 Å². The van der Waals surface area contributed by atoms with Gasteiger partial charge in [0.05, 0.1) is 36.1 Å². The predicted molar refractivity (Wildman–Crippen MR) is 198 cm³/mol. The van der Waals surface area contributed by atoms with E-state index in [1.807, 2.05) is 41.1 Å². The number of halogens is 1. The molecule has 6 rings (SSSR count). The average Bonchev–Trinajstić information content (AvgIpc) is 3.68. The fraction of sp³-hybridized carbons (Fsp3) is 0.200. The first-order valence-corrected chi connectivity index (χ1v) is 19.4. The molecule has 15 heteroatoms. The van der Waals surface area contributed by atoms with E-state index in [0.717, 1.165) is 29.4 Å². The van der Waals surface area contributed by atoms with E-state index in [4.69, 9.17) is 20.6 Å². The highest BCUT2D eigenvalue weighted by Crippen LogP contribution is 2.36. The van der Waals surface area contributed by atoms with E-state index < -0.39 is 16.1 Å². The van der Waals surface area contributed by atoms with Crippen molar-refractivity contribution in [3.8, 4) is 5.75 Å². The summed E-state index contributed by atoms with van der Waals surface area (Å²) in [6.45, 7) is 2.92. The topological polar surface area (TPSA) is 131 Å². The number of nitrogens with one attached hydrogen (secondary N) is 2. The molecule has 0 spiro atoms. The van der Waals surface area contributed by atoms with Gasteiger partial charge in [0.1, 0.15) is 17.6 Å². The molecule has 260 valence electrons. The molecule has 12 nitrogen and oxygen atoms in total. The minimum atomic E-state index is -3.93. The van der Waals surface area contributed by atoms with E-state index in [1.165, 1.54) is 17.5 Å². The number of fused-ring (bicyclic) bond motifs is 1. The number of hydrogen-bond donors (Lipinski definition) is 2. The Morgan fingerprint density at radius 2 is 1.74 bits per heavy atom. The van der Waals surface area contributed by atoms with Gasteiger partial charge in [-0.15, -0.1) is 4.28 Å². The van der Waals surface area contributed by atoms with Crippen LogP contribution < -0.4 is 15.4 Å². The van der Waals surface area contributed by atoms with Crippen LogP contribution in [0.4, 0.5) is 16.3 Å². The van der Waals surface area contributed by atoms with Crippen LogP contribution in [0.15, 0.2) is 109 Å². The minimum absolute atomic E-state index is 0.0582. The molecule has 2 aromatic heterocycles. The number of hydrogen-bond acceptors (Lipinski definition) is 9. The zero-order valence-corrected chi connectivity index (χ0v) is 29.8. The summed E-state index contributed by atoms with van der Waals surface area (Å²) in [6, 6.07) is 27.3. The van der Waals surface area contributed by atoms with Gasteiger partial charge in [-0.1, -0.05) is 82.9 Å². The molecule has 2 amide bonds. The van der Waals surface area contributed by atoms with Crippen LogP contribution in [0.5, 0.6) is 5.75 Å². The number of rotatable bonds is 14. The normalized spacial score (nSPS) is 14.3. The fourth-order valence-electron chi connectivity index (χ4n) is 5.26. The lowest BCUT2D eigenvalue weighted by atomic mass is 10.2. The second-order valence-electron chi connectivity index (χ2n) is 11.3. The molecule has 1 atom stereocenters. The zero-order chi connectivity index (χ0) is 35.1. The summed E-state index contributed by atoms with van der Waals surface area (Å²) in [7, 11) is -4.16. The van der Waals surface area contributed by atoms with Crippen LogP contribution in [0, 0.1) is 0 Å². The van der Waals surface area contributed by atoms with Gasteiger partial charge in [0.15, 0.2) is 11.6 Å². The van der Waals surface area contributed by atoms with Crippen LogP contribution in [0.25, 0.3) is 11.0 Å². The highest BCUT2D eigenvalue weighted by Gasteiger charge is 2.21. The third kappa shape index (κ3) is 9.01. The van der Waals surface area contributed by atoms with E-state index in [1.54, 1.807) is 31.3 Å². The Bertz CT molecular complexity index is 2140. The Morgan fingerprint density at radius 3 is 2.44 bits per heavy atom. The lowest BCUT2D eigenvalue weighted by Crippen LogP contribution is -2.42. The van der Waals surface area contributed by atoms with Gasteiger partial charge >= 0.3 is 6.03 Å². The van der Waals surface area contributed by atoms with Gasteiger partial charge in [0.25, 0.3) is 10.1 Å². The third-order valence-corrected chi connectivity index (χ3v) is 10.2. The van der Waals surface area contributed by atoms with Crippen LogP contribution >= 0.6 is 22.3 Å². The molecule has 50 heavy (non-hydrogen) atoms. The molecule has 1 unspecified atom stereocenters. The van der Waals surface area contributed by atoms with Crippen LogP contribution in [-0.4, -0.2) is 63.1 Å². The molecule has 2 N–H and O–H groups in total. The molecule has 3 heterocycles. The van der Waals surface area contributed by atoms with E-state index in [9.17, 15) is 13.2 Å². The number of ether oxygens (including phenoxy) is 1. The molecule has 0 aliphatic carbocycles. The summed E-state index contributed by atoms with van der Waals surface area (Å²) in [5.41, 5.74) is 4.42. The Morgan fingerprint density at radius 1 is 1.00 bits per heavy atom. The fourth-order valence-corrected chi connectivity index (χ4v) is 7.80. The van der Waals surface area contributed by atoms with Crippen molar-refractivity contribution < 1.29 is 22.2 Å². The summed E-state index contributed by atoms with van der Waals surface area (Å²) in [5.74, 6) is 2.58. The van der Waals surface area contributed by atoms with Crippen molar-refractivity contribution in [2.75, 3.05) is 24.7 Å². The summed E-state index contributed by atoms with van der Waals surface area (Å²) in [6.07, 6.45) is 6.15. The molecular weight excluding hydrogens is 698 g/mol. The number of urea groups is 1. The molecule has 0 radical (unpaired) electrons. The van der Waals surface area contributed by atoms with E-state index in [-0.39, 0.29) is 23.8 Å². The van der Waals surface area contributed by atoms with Gasteiger partial charge < -0.3 is 24.2 Å². The molecule has 0 fully saturated rings. The number of amides is 2. The van der Waals surface area contributed by atoms with Crippen molar-refractivity contribution in [3.63, 3.8) is 0 Å². The summed E-state index contributed by atoms with van der Waals surface area (Å²) < 4.78 is 39.0. The molecule has 0 saturated carbocycles. The number of allylic oxidation sites excluding steroid dienone is 1. The second-order valence-corrected chi connectivity index (χ2v) is 15.1. The van der Waals surface area contributed by atoms with Gasteiger partial charge in [-0.05, 0) is 42.3 Å². The SMILES string of the molecule is CCNC(=O)N(CCn1ccc2ncnc(Nc3ccc(OC4=CN(Cc5ccccc5)S(Cc5ccccc5)=C4)c(Cl)c3)c21)OS(C)(=O)=O. The van der Waals surface area contributed by atoms with Crippen LogP contribution in [0.3, 0.4) is 0 Å². The summed E-state index contributed by atoms with van der Waals surface area (Å²) in [4.78, 5) is 21.3. The monoisotopic (exact) mass is 733 g/mol. The maximum absolute atomic E-state index is 12.5. The first-order chi connectivity index (χ1) is 24.1. The van der Waals surface area contributed by atoms with Crippen molar-refractivity contribution >= 4 is 66.3 Å². The lowest BCUT2D eigenvalue weighted by Gasteiger charge is -2.21. The van der Waals surface area contributed by atoms with Crippen molar-refractivity contribution in [2.24, 2.45) is 0 Å². The van der Waals surface area contributed by atoms with Gasteiger partial charge in [-0.25, -0.2) is 14.8 Å². The lowest BCUT2D eigenvalue weighted by molar-refractivity contribution is -0.00732. The average molecular weight is 734 g/mol. The standard InChI is InChI=1S/C35H36ClN7O5S2/c1-3-37-35(44)43(48-50(2,45)46)19-18-41-17-16-31-33(41)34(39-25-38-31)40-28-14-15-32(30(36)20-28)47-29-22-42(21-26-10-6-4-7-11-26)49(24-29)23-27-12-8-5-9-13-27/h4-17,20,22,24-25H,3,18-19,21,23H2,1-2H3,(H,37,44)(H,38,39,40). The van der Waals surface area contributed by atoms with Crippen molar-refractivity contribution in [2.45, 2.75) is 25.8 Å². The van der Waals surface area contributed by atoms with Gasteiger partial charge in [0.2, 0.25) is 0 Å². The summed E-state index contributed by atoms with van der Waals surface area (Å²) in [5, 5.41) is 9.21. The molecule has 3 aromatic carbocycles. The Hall–Kier alpha value is -4.89. The smallest absolute Gasteiger partial charge is 0.342 e. The third-order valence-electron chi connectivity index (χ3n) is 7.46. The maximum atomic E-state index is 12.5. The van der Waals surface area contributed by atoms with Crippen molar-refractivity contribution in [1.82, 2.24) is 29.2 Å². The number of aromatic nitrogens is 3. The Balaban J connectivity index is 1.18. The van der Waals surface area contributed by atoms with Crippen LogP contribution in [-0.2, 0) is 33.2 Å². The molecule has 0 saturated heterocycles. The van der Waals surface area contributed by atoms with E-state index in [2.05, 4.69) is 66.7 Å². The van der Waals surface area contributed by atoms with Gasteiger partial charge in [0, 0.05) is 36.1 Å². The number of hydroxylamine groups is 2. The number of carbonyl (C=O) groups is 1. The minimum Gasteiger partial charge on any atom is -0.454 e. The van der Waals surface area contributed by atoms with Gasteiger partial charge in [-0.3, -0.25) is 0 Å². The second kappa shape index (κ2) is 15.8. The number of anilines is 2. The Kier molecular flexibility index (Phi) is 11.0. The largest absolute Gasteiger partial charge is 0.454 e. The van der Waals surface area contributed by atoms with E-state index >= 15 is 0 Å². The first kappa shape index (κ1) is 35.0. The van der Waals surface area contributed by atoms with Gasteiger partial charge in [-0.2, -0.15) is 13.5 Å². The zero-order valence-electron chi connectivity index (χ0n) is 27.4. The molecule has 5 aromatic rings. The quantitative estimate of drug-likeness (QED) is 0.0949. The van der Waals surface area contributed by atoms with E-state index in [0.29, 0.717) is 39.9 Å².